The molecule has 0 aliphatic carbocycles. The third-order valence-corrected chi connectivity index (χ3v) is 3.74. The molecule has 0 bridgehead atoms. The lowest BCUT2D eigenvalue weighted by atomic mass is 10.1. The fourth-order valence-corrected chi connectivity index (χ4v) is 2.47. The van der Waals surface area contributed by atoms with Gasteiger partial charge in [0.15, 0.2) is 5.09 Å². The fourth-order valence-electron chi connectivity index (χ4n) is 1.83. The van der Waals surface area contributed by atoms with Crippen LogP contribution in [0.2, 0.25) is 0 Å². The van der Waals surface area contributed by atoms with Gasteiger partial charge in [0.2, 0.25) is 5.91 Å². The Morgan fingerprint density at radius 1 is 1.24 bits per heavy atom. The zero-order valence-electron chi connectivity index (χ0n) is 11.1. The van der Waals surface area contributed by atoms with Crippen molar-refractivity contribution in [3.63, 3.8) is 0 Å². The van der Waals surface area contributed by atoms with Crippen LogP contribution in [0.4, 0.5) is 5.69 Å². The second-order valence-electron chi connectivity index (χ2n) is 4.32. The minimum atomic E-state index is -0.0642. The van der Waals surface area contributed by atoms with Gasteiger partial charge >= 0.3 is 0 Å². The standard InChI is InChI=1S/C15H13N3O2S/c19-14(10-21-15-2-1-9-20-15)17-12-5-3-11(4-6-12)13-7-8-16-18-13/h1-9H,10H2,(H,16,18)(H,17,19). The van der Waals surface area contributed by atoms with Gasteiger partial charge in [0.25, 0.3) is 0 Å². The maximum Gasteiger partial charge on any atom is 0.234 e. The Morgan fingerprint density at radius 2 is 2.10 bits per heavy atom. The van der Waals surface area contributed by atoms with Crippen molar-refractivity contribution in [1.29, 1.82) is 0 Å². The van der Waals surface area contributed by atoms with Crippen LogP contribution in [0.25, 0.3) is 11.3 Å². The largest absolute Gasteiger partial charge is 0.458 e. The van der Waals surface area contributed by atoms with E-state index in [4.69, 9.17) is 4.42 Å². The Hall–Kier alpha value is -2.47. The monoisotopic (exact) mass is 299 g/mol. The van der Waals surface area contributed by atoms with Crippen molar-refractivity contribution in [2.75, 3.05) is 11.1 Å². The molecule has 1 amide bonds. The van der Waals surface area contributed by atoms with Crippen molar-refractivity contribution in [3.05, 3.63) is 54.9 Å². The predicted octanol–water partition coefficient (Wildman–Crippen LogP) is 3.40. The summed E-state index contributed by atoms with van der Waals surface area (Å²) < 4.78 is 5.16. The number of carbonyl (C=O) groups excluding carboxylic acids is 1. The Labute approximate surface area is 125 Å². The van der Waals surface area contributed by atoms with Gasteiger partial charge in [0.05, 0.1) is 17.7 Å². The average Bonchev–Trinajstić information content (AvgIpc) is 3.19. The lowest BCUT2D eigenvalue weighted by Gasteiger charge is -2.05. The first-order valence-corrected chi connectivity index (χ1v) is 7.36. The fraction of sp³-hybridized carbons (Fsp3) is 0.0667. The number of aromatic nitrogens is 2. The van der Waals surface area contributed by atoms with E-state index in [1.807, 2.05) is 36.4 Å². The number of aromatic amines is 1. The average molecular weight is 299 g/mol. The Morgan fingerprint density at radius 3 is 2.76 bits per heavy atom. The van der Waals surface area contributed by atoms with Gasteiger partial charge in [-0.1, -0.05) is 23.9 Å². The molecule has 1 aromatic carbocycles. The zero-order chi connectivity index (χ0) is 14.5. The van der Waals surface area contributed by atoms with Crippen molar-refractivity contribution in [2.45, 2.75) is 5.09 Å². The molecule has 2 N–H and O–H groups in total. The minimum absolute atomic E-state index is 0.0642. The van der Waals surface area contributed by atoms with E-state index in [1.165, 1.54) is 11.8 Å². The van der Waals surface area contributed by atoms with Crippen molar-refractivity contribution in [2.24, 2.45) is 0 Å². The number of benzene rings is 1. The lowest BCUT2D eigenvalue weighted by molar-refractivity contribution is -0.113. The molecule has 6 heteroatoms. The summed E-state index contributed by atoms with van der Waals surface area (Å²) in [6.07, 6.45) is 3.30. The van der Waals surface area contributed by atoms with Gasteiger partial charge in [-0.25, -0.2) is 0 Å². The number of H-pyrrole nitrogens is 1. The second-order valence-corrected chi connectivity index (χ2v) is 5.30. The number of hydrogen-bond acceptors (Lipinski definition) is 4. The zero-order valence-corrected chi connectivity index (χ0v) is 11.9. The van der Waals surface area contributed by atoms with Crippen LogP contribution in [0, 0.1) is 0 Å². The summed E-state index contributed by atoms with van der Waals surface area (Å²) in [6, 6.07) is 13.1. The van der Waals surface area contributed by atoms with Crippen molar-refractivity contribution < 1.29 is 9.21 Å². The third-order valence-electron chi connectivity index (χ3n) is 2.82. The first-order chi connectivity index (χ1) is 10.3. The molecule has 0 unspecified atom stereocenters. The summed E-state index contributed by atoms with van der Waals surface area (Å²) in [7, 11) is 0. The van der Waals surface area contributed by atoms with Gasteiger partial charge in [-0.05, 0) is 35.9 Å². The van der Waals surface area contributed by atoms with Crippen molar-refractivity contribution in [3.8, 4) is 11.3 Å². The van der Waals surface area contributed by atoms with Gasteiger partial charge < -0.3 is 9.73 Å². The van der Waals surface area contributed by atoms with Gasteiger partial charge in [0.1, 0.15) is 0 Å². The number of amides is 1. The van der Waals surface area contributed by atoms with E-state index in [2.05, 4.69) is 15.5 Å². The minimum Gasteiger partial charge on any atom is -0.458 e. The van der Waals surface area contributed by atoms with Crippen LogP contribution in [0.3, 0.4) is 0 Å². The highest BCUT2D eigenvalue weighted by Gasteiger charge is 2.05. The summed E-state index contributed by atoms with van der Waals surface area (Å²) in [5, 5.41) is 10.4. The van der Waals surface area contributed by atoms with Gasteiger partial charge in [-0.15, -0.1) is 0 Å². The molecule has 0 saturated carbocycles. The quantitative estimate of drug-likeness (QED) is 0.708. The molecule has 0 aliphatic rings. The maximum atomic E-state index is 11.8. The molecule has 0 spiro atoms. The van der Waals surface area contributed by atoms with Gasteiger partial charge in [0, 0.05) is 11.9 Å². The Bertz CT molecular complexity index is 691. The SMILES string of the molecule is O=C(CSc1ccco1)Nc1ccc(-c2ccn[nH]2)cc1. The van der Waals surface area contributed by atoms with Crippen LogP contribution in [0.1, 0.15) is 0 Å². The van der Waals surface area contributed by atoms with E-state index in [-0.39, 0.29) is 5.91 Å². The van der Waals surface area contributed by atoms with Crippen molar-refractivity contribution >= 4 is 23.4 Å². The van der Waals surface area contributed by atoms with E-state index >= 15 is 0 Å². The molecule has 0 atom stereocenters. The summed E-state index contributed by atoms with van der Waals surface area (Å²) >= 11 is 1.36. The molecule has 0 fully saturated rings. The van der Waals surface area contributed by atoms with Crippen LogP contribution in [-0.4, -0.2) is 21.9 Å². The van der Waals surface area contributed by atoms with Crippen LogP contribution < -0.4 is 5.32 Å². The highest BCUT2D eigenvalue weighted by molar-refractivity contribution is 7.99. The van der Waals surface area contributed by atoms with Crippen LogP contribution in [-0.2, 0) is 4.79 Å². The first-order valence-electron chi connectivity index (χ1n) is 6.37. The van der Waals surface area contributed by atoms with Gasteiger partial charge in [-0.2, -0.15) is 5.10 Å². The van der Waals surface area contributed by atoms with E-state index < -0.39 is 0 Å². The van der Waals surface area contributed by atoms with E-state index in [0.29, 0.717) is 5.75 Å². The summed E-state index contributed by atoms with van der Waals surface area (Å²) in [4.78, 5) is 11.8. The number of rotatable bonds is 5. The van der Waals surface area contributed by atoms with E-state index in [0.717, 1.165) is 22.0 Å². The maximum absolute atomic E-state index is 11.8. The highest BCUT2D eigenvalue weighted by atomic mass is 32.2. The summed E-state index contributed by atoms with van der Waals surface area (Å²) in [5.41, 5.74) is 2.74. The van der Waals surface area contributed by atoms with Crippen LogP contribution >= 0.6 is 11.8 Å². The number of hydrogen-bond donors (Lipinski definition) is 2. The Kier molecular flexibility index (Phi) is 4.07. The number of furan rings is 1. The topological polar surface area (TPSA) is 70.9 Å². The smallest absolute Gasteiger partial charge is 0.234 e. The van der Waals surface area contributed by atoms with Gasteiger partial charge in [-0.3, -0.25) is 9.89 Å². The molecule has 3 aromatic rings. The molecule has 2 heterocycles. The molecular formula is C15H13N3O2S. The van der Waals surface area contributed by atoms with E-state index in [9.17, 15) is 4.79 Å². The number of anilines is 1. The predicted molar refractivity (Wildman–Crippen MR) is 82.1 cm³/mol. The number of nitrogens with one attached hydrogen (secondary N) is 2. The molecule has 106 valence electrons. The lowest BCUT2D eigenvalue weighted by Crippen LogP contribution is -2.13. The molecule has 2 aromatic heterocycles. The van der Waals surface area contributed by atoms with Crippen LogP contribution in [0.5, 0.6) is 0 Å². The summed E-state index contributed by atoms with van der Waals surface area (Å²) in [6.45, 7) is 0. The molecule has 3 rings (SSSR count). The highest BCUT2D eigenvalue weighted by Crippen LogP contribution is 2.20. The number of thioether (sulfide) groups is 1. The number of carbonyl (C=O) groups is 1. The van der Waals surface area contributed by atoms with Crippen LogP contribution in [0.15, 0.2) is 64.4 Å². The number of nitrogens with zero attached hydrogens (tertiary/aromatic N) is 1. The molecular weight excluding hydrogens is 286 g/mol. The molecule has 0 saturated heterocycles. The second kappa shape index (κ2) is 6.32. The third kappa shape index (κ3) is 3.55. The molecule has 5 nitrogen and oxygen atoms in total. The molecule has 0 radical (unpaired) electrons. The Balaban J connectivity index is 1.56. The first kappa shape index (κ1) is 13.5. The van der Waals surface area contributed by atoms with E-state index in [1.54, 1.807) is 18.5 Å². The normalized spacial score (nSPS) is 10.5. The van der Waals surface area contributed by atoms with Crippen molar-refractivity contribution in [1.82, 2.24) is 10.2 Å². The molecule has 21 heavy (non-hydrogen) atoms. The summed E-state index contributed by atoms with van der Waals surface area (Å²) in [5.74, 6) is 0.251. The molecule has 0 aliphatic heterocycles.